The van der Waals surface area contributed by atoms with E-state index in [1.165, 1.54) is 18.4 Å². The Balaban J connectivity index is 2.26. The van der Waals surface area contributed by atoms with E-state index in [1.807, 2.05) is 13.0 Å². The maximum absolute atomic E-state index is 13.2. The van der Waals surface area contributed by atoms with Crippen LogP contribution >= 0.6 is 11.3 Å². The topological polar surface area (TPSA) is 71.5 Å². The number of para-hydroxylation sites is 1. The van der Waals surface area contributed by atoms with Crippen LogP contribution in [0.1, 0.15) is 79.5 Å². The summed E-state index contributed by atoms with van der Waals surface area (Å²) in [5.74, 6) is 0.127. The Bertz CT molecular complexity index is 819. The smallest absolute Gasteiger partial charge is 0.357 e. The van der Waals surface area contributed by atoms with E-state index < -0.39 is 5.97 Å². The van der Waals surface area contributed by atoms with Gasteiger partial charge >= 0.3 is 12.0 Å². The standard InChI is InChI=1S/C22H31N3O3S/c1-7-11-25(12-19-23-18(13-29-19)21(26)28-6)22(27)24-20-16(14(2)3)9-8-10-17(20)15(4)5/h8-10,13-15H,7,11-12H2,1-6H3,(H,24,27). The Morgan fingerprint density at radius 2 is 1.79 bits per heavy atom. The number of thiazole rings is 1. The van der Waals surface area contributed by atoms with Crippen molar-refractivity contribution in [1.82, 2.24) is 9.88 Å². The lowest BCUT2D eigenvalue weighted by Gasteiger charge is -2.25. The van der Waals surface area contributed by atoms with Crippen molar-refractivity contribution < 1.29 is 14.3 Å². The third-order valence-corrected chi connectivity index (χ3v) is 5.49. The first-order valence-corrected chi connectivity index (χ1v) is 10.9. The van der Waals surface area contributed by atoms with Crippen molar-refractivity contribution in [3.63, 3.8) is 0 Å². The second-order valence-corrected chi connectivity index (χ2v) is 8.53. The number of methoxy groups -OCH3 is 1. The van der Waals surface area contributed by atoms with E-state index in [0.29, 0.717) is 29.9 Å². The summed E-state index contributed by atoms with van der Waals surface area (Å²) in [6, 6.07) is 6.03. The van der Waals surface area contributed by atoms with Gasteiger partial charge in [-0.1, -0.05) is 52.8 Å². The zero-order valence-electron chi connectivity index (χ0n) is 18.1. The number of nitrogens with zero attached hydrogens (tertiary/aromatic N) is 2. The number of hydrogen-bond donors (Lipinski definition) is 1. The number of urea groups is 1. The van der Waals surface area contributed by atoms with E-state index >= 15 is 0 Å². The van der Waals surface area contributed by atoms with E-state index in [9.17, 15) is 9.59 Å². The Hall–Kier alpha value is -2.41. The van der Waals surface area contributed by atoms with Crippen molar-refractivity contribution in [2.45, 2.75) is 59.4 Å². The van der Waals surface area contributed by atoms with Crippen molar-refractivity contribution in [3.05, 3.63) is 45.4 Å². The predicted octanol–water partition coefficient (Wildman–Crippen LogP) is 5.62. The maximum atomic E-state index is 13.2. The molecule has 1 heterocycles. The highest BCUT2D eigenvalue weighted by atomic mass is 32.1. The monoisotopic (exact) mass is 417 g/mol. The van der Waals surface area contributed by atoms with Crippen LogP contribution in [0.25, 0.3) is 0 Å². The van der Waals surface area contributed by atoms with Gasteiger partial charge in [0.15, 0.2) is 5.69 Å². The van der Waals surface area contributed by atoms with Gasteiger partial charge in [0, 0.05) is 17.6 Å². The van der Waals surface area contributed by atoms with Gasteiger partial charge in [0.25, 0.3) is 0 Å². The minimum Gasteiger partial charge on any atom is -0.464 e. The van der Waals surface area contributed by atoms with Crippen molar-refractivity contribution >= 4 is 29.0 Å². The van der Waals surface area contributed by atoms with E-state index in [1.54, 1.807) is 10.3 Å². The van der Waals surface area contributed by atoms with Gasteiger partial charge in [-0.3, -0.25) is 0 Å². The van der Waals surface area contributed by atoms with E-state index in [0.717, 1.165) is 23.2 Å². The number of benzene rings is 1. The zero-order valence-corrected chi connectivity index (χ0v) is 18.9. The number of hydrogen-bond acceptors (Lipinski definition) is 5. The Morgan fingerprint density at radius 3 is 2.31 bits per heavy atom. The van der Waals surface area contributed by atoms with Gasteiger partial charge in [-0.15, -0.1) is 11.3 Å². The molecule has 7 heteroatoms. The fourth-order valence-corrected chi connectivity index (χ4v) is 3.93. The highest BCUT2D eigenvalue weighted by Crippen LogP contribution is 2.32. The van der Waals surface area contributed by atoms with Crippen LogP contribution in [0.3, 0.4) is 0 Å². The van der Waals surface area contributed by atoms with Gasteiger partial charge in [0.05, 0.1) is 13.7 Å². The Morgan fingerprint density at radius 1 is 1.17 bits per heavy atom. The molecule has 0 aliphatic rings. The molecule has 0 aliphatic carbocycles. The molecule has 0 bridgehead atoms. The fourth-order valence-electron chi connectivity index (χ4n) is 3.15. The summed E-state index contributed by atoms with van der Waals surface area (Å²) in [6.45, 7) is 11.5. The van der Waals surface area contributed by atoms with E-state index in [-0.39, 0.29) is 11.7 Å². The number of ether oxygens (including phenoxy) is 1. The van der Waals surface area contributed by atoms with Gasteiger partial charge in [-0.25, -0.2) is 14.6 Å². The molecule has 2 aromatic rings. The number of esters is 1. The number of amides is 2. The Labute approximate surface area is 177 Å². The summed E-state index contributed by atoms with van der Waals surface area (Å²) in [7, 11) is 1.33. The van der Waals surface area contributed by atoms with Gasteiger partial charge in [-0.05, 0) is 29.4 Å². The van der Waals surface area contributed by atoms with Crippen LogP contribution in [0.5, 0.6) is 0 Å². The summed E-state index contributed by atoms with van der Waals surface area (Å²) in [6.07, 6.45) is 0.825. The molecule has 0 saturated heterocycles. The summed E-state index contributed by atoms with van der Waals surface area (Å²) in [5, 5.41) is 5.52. The molecule has 0 unspecified atom stereocenters. The SMILES string of the molecule is CCCN(Cc1nc(C(=O)OC)cs1)C(=O)Nc1c(C(C)C)cccc1C(C)C. The van der Waals surface area contributed by atoms with Crippen molar-refractivity contribution in [2.75, 3.05) is 19.0 Å². The van der Waals surface area contributed by atoms with E-state index in [4.69, 9.17) is 4.74 Å². The van der Waals surface area contributed by atoms with Crippen LogP contribution in [0.2, 0.25) is 0 Å². The third kappa shape index (κ3) is 5.79. The Kier molecular flexibility index (Phi) is 8.20. The van der Waals surface area contributed by atoms with Crippen LogP contribution in [0, 0.1) is 0 Å². The first-order valence-electron chi connectivity index (χ1n) is 9.99. The van der Waals surface area contributed by atoms with Crippen molar-refractivity contribution in [1.29, 1.82) is 0 Å². The molecule has 1 aromatic carbocycles. The number of carbonyl (C=O) groups excluding carboxylic acids is 2. The molecule has 2 rings (SSSR count). The molecule has 2 amide bonds. The highest BCUT2D eigenvalue weighted by molar-refractivity contribution is 7.09. The third-order valence-electron chi connectivity index (χ3n) is 4.66. The average molecular weight is 418 g/mol. The summed E-state index contributed by atoms with van der Waals surface area (Å²) in [4.78, 5) is 30.8. The first kappa shape index (κ1) is 22.9. The van der Waals surface area contributed by atoms with Crippen LogP contribution in [-0.2, 0) is 11.3 Å². The molecule has 6 nitrogen and oxygen atoms in total. The largest absolute Gasteiger partial charge is 0.464 e. The van der Waals surface area contributed by atoms with Crippen molar-refractivity contribution in [2.24, 2.45) is 0 Å². The molecule has 0 spiro atoms. The molecule has 158 valence electrons. The molecule has 1 N–H and O–H groups in total. The van der Waals surface area contributed by atoms with E-state index in [2.05, 4.69) is 50.1 Å². The lowest BCUT2D eigenvalue weighted by molar-refractivity contribution is 0.0594. The summed E-state index contributed by atoms with van der Waals surface area (Å²) < 4.78 is 4.71. The predicted molar refractivity (Wildman–Crippen MR) is 118 cm³/mol. The highest BCUT2D eigenvalue weighted by Gasteiger charge is 2.21. The molecule has 1 aromatic heterocycles. The molecule has 0 saturated carbocycles. The molecule has 0 atom stereocenters. The number of aromatic nitrogens is 1. The zero-order chi connectivity index (χ0) is 21.6. The van der Waals surface area contributed by atoms with Crippen LogP contribution < -0.4 is 5.32 Å². The maximum Gasteiger partial charge on any atom is 0.357 e. The minimum atomic E-state index is -0.466. The van der Waals surface area contributed by atoms with Gasteiger partial charge in [0.1, 0.15) is 5.01 Å². The number of carbonyl (C=O) groups is 2. The number of anilines is 1. The normalized spacial score (nSPS) is 11.0. The number of rotatable bonds is 8. The second kappa shape index (κ2) is 10.4. The van der Waals surface area contributed by atoms with Crippen LogP contribution in [-0.4, -0.2) is 35.5 Å². The lowest BCUT2D eigenvalue weighted by Crippen LogP contribution is -2.35. The molecule has 0 fully saturated rings. The molecular formula is C22H31N3O3S. The molecule has 0 radical (unpaired) electrons. The molecule has 29 heavy (non-hydrogen) atoms. The quantitative estimate of drug-likeness (QED) is 0.566. The van der Waals surface area contributed by atoms with Crippen LogP contribution in [0.15, 0.2) is 23.6 Å². The van der Waals surface area contributed by atoms with Crippen LogP contribution in [0.4, 0.5) is 10.5 Å². The fraction of sp³-hybridized carbons (Fsp3) is 0.500. The lowest BCUT2D eigenvalue weighted by atomic mass is 9.93. The second-order valence-electron chi connectivity index (χ2n) is 7.59. The van der Waals surface area contributed by atoms with Gasteiger partial charge in [0.2, 0.25) is 0 Å². The summed E-state index contributed by atoms with van der Waals surface area (Å²) in [5.41, 5.74) is 3.43. The van der Waals surface area contributed by atoms with Crippen molar-refractivity contribution in [3.8, 4) is 0 Å². The molecular weight excluding hydrogens is 386 g/mol. The first-order chi connectivity index (χ1) is 13.8. The average Bonchev–Trinajstić information content (AvgIpc) is 3.15. The number of nitrogens with one attached hydrogen (secondary N) is 1. The summed E-state index contributed by atoms with van der Waals surface area (Å²) >= 11 is 1.35. The minimum absolute atomic E-state index is 0.156. The molecule has 0 aliphatic heterocycles. The van der Waals surface area contributed by atoms with Gasteiger partial charge < -0.3 is 15.0 Å². The van der Waals surface area contributed by atoms with Gasteiger partial charge in [-0.2, -0.15) is 0 Å².